The Kier molecular flexibility index (Phi) is 9.46. The van der Waals surface area contributed by atoms with Crippen LogP contribution in [0, 0.1) is 0 Å². The third kappa shape index (κ3) is 6.70. The van der Waals surface area contributed by atoms with Crippen LogP contribution >= 0.6 is 0 Å². The molecule has 0 fully saturated rings. The molecule has 8 aromatic rings. The third-order valence-corrected chi connectivity index (χ3v) is 13.6. The van der Waals surface area contributed by atoms with E-state index in [2.05, 4.69) is 260 Å². The fourth-order valence-electron chi connectivity index (χ4n) is 10.1. The molecule has 0 radical (unpaired) electrons. The SMILES string of the molecule is CC(C)(C)c1ccc(-c2ccc(N3c4ccccc4C4(c5ccccc53)c3ccccc3N(c3cccc(-c5ccc(C(C)(C)C)cc5)c3)c3ccc(C(C)(C)C)cc34)cc2)cc1. The van der Waals surface area contributed by atoms with Crippen LogP contribution in [0.5, 0.6) is 0 Å². The average molecular weight is 819 g/mol. The fourth-order valence-corrected chi connectivity index (χ4v) is 10.1. The van der Waals surface area contributed by atoms with Gasteiger partial charge in [0.05, 0.1) is 28.2 Å². The zero-order valence-electron chi connectivity index (χ0n) is 38.3. The molecular formula is C61H58N2. The van der Waals surface area contributed by atoms with Gasteiger partial charge in [-0.25, -0.2) is 0 Å². The molecule has 0 bridgehead atoms. The summed E-state index contributed by atoms with van der Waals surface area (Å²) in [5, 5.41) is 0. The first-order chi connectivity index (χ1) is 30.1. The van der Waals surface area contributed by atoms with Crippen molar-refractivity contribution in [3.8, 4) is 22.3 Å². The second-order valence-corrected chi connectivity index (χ2v) is 20.7. The maximum absolute atomic E-state index is 2.52. The predicted octanol–water partition coefficient (Wildman–Crippen LogP) is 16.9. The van der Waals surface area contributed by atoms with Crippen molar-refractivity contribution in [2.75, 3.05) is 9.80 Å². The first-order valence-corrected chi connectivity index (χ1v) is 22.6. The first kappa shape index (κ1) is 40.4. The molecule has 2 heterocycles. The minimum absolute atomic E-state index is 0.0638. The highest BCUT2D eigenvalue weighted by Crippen LogP contribution is 2.64. The molecule has 0 unspecified atom stereocenters. The van der Waals surface area contributed by atoms with Gasteiger partial charge < -0.3 is 9.80 Å². The summed E-state index contributed by atoms with van der Waals surface area (Å²) in [5.41, 5.74) is 20.6. The Bertz CT molecular complexity index is 2940. The summed E-state index contributed by atoms with van der Waals surface area (Å²) in [6.07, 6.45) is 0. The van der Waals surface area contributed by atoms with E-state index in [1.807, 2.05) is 0 Å². The van der Waals surface area contributed by atoms with Crippen molar-refractivity contribution >= 4 is 34.1 Å². The minimum atomic E-state index is -0.609. The molecule has 1 spiro atoms. The molecule has 2 aliphatic rings. The number of para-hydroxylation sites is 3. The van der Waals surface area contributed by atoms with Crippen LogP contribution in [0.4, 0.5) is 34.1 Å². The molecule has 0 atom stereocenters. The molecule has 2 heteroatoms. The maximum Gasteiger partial charge on any atom is 0.0783 e. The van der Waals surface area contributed by atoms with Crippen LogP contribution in [0.2, 0.25) is 0 Å². The van der Waals surface area contributed by atoms with Gasteiger partial charge in [0.2, 0.25) is 0 Å². The fraction of sp³-hybridized carbons (Fsp3) is 0.213. The monoisotopic (exact) mass is 818 g/mol. The smallest absolute Gasteiger partial charge is 0.0783 e. The lowest BCUT2D eigenvalue weighted by molar-refractivity contribution is 0.586. The van der Waals surface area contributed by atoms with Gasteiger partial charge in [-0.15, -0.1) is 0 Å². The van der Waals surface area contributed by atoms with Crippen molar-refractivity contribution in [1.82, 2.24) is 0 Å². The molecule has 0 amide bonds. The number of fused-ring (bicyclic) bond motifs is 8. The average Bonchev–Trinajstić information content (AvgIpc) is 3.28. The van der Waals surface area contributed by atoms with E-state index >= 15 is 0 Å². The van der Waals surface area contributed by atoms with Gasteiger partial charge in [0.1, 0.15) is 0 Å². The summed E-state index contributed by atoms with van der Waals surface area (Å²) < 4.78 is 0. The summed E-state index contributed by atoms with van der Waals surface area (Å²) in [6, 6.07) is 71.1. The topological polar surface area (TPSA) is 6.48 Å². The third-order valence-electron chi connectivity index (χ3n) is 13.6. The molecular weight excluding hydrogens is 761 g/mol. The van der Waals surface area contributed by atoms with E-state index in [1.54, 1.807) is 0 Å². The van der Waals surface area contributed by atoms with Crippen LogP contribution in [0.25, 0.3) is 22.3 Å². The van der Waals surface area contributed by atoms with Gasteiger partial charge in [0, 0.05) is 11.4 Å². The molecule has 2 aliphatic heterocycles. The summed E-state index contributed by atoms with van der Waals surface area (Å²) in [5.74, 6) is 0. The van der Waals surface area contributed by atoms with Gasteiger partial charge in [-0.1, -0.05) is 202 Å². The summed E-state index contributed by atoms with van der Waals surface area (Å²) in [6.45, 7) is 20.6. The van der Waals surface area contributed by atoms with Crippen LogP contribution < -0.4 is 9.80 Å². The van der Waals surface area contributed by atoms with Crippen molar-refractivity contribution in [2.24, 2.45) is 0 Å². The standard InChI is InChI=1S/C61H58N2/c1-58(2,3)45-31-25-41(26-32-45)42-29-36-48(37-30-42)62-54-22-13-10-19-50(54)61(51-20-11-14-23-55(51)62)52-21-12-15-24-56(52)63(57-38-35-47(40-53(57)61)60(7,8)9)49-18-16-17-44(39-49)43-27-33-46(34-28-43)59(4,5)6/h10-40H,1-9H3. The second-order valence-electron chi connectivity index (χ2n) is 20.7. The number of benzene rings is 8. The number of hydrogen-bond acceptors (Lipinski definition) is 2. The Morgan fingerprint density at radius 3 is 1.13 bits per heavy atom. The molecule has 0 saturated heterocycles. The predicted molar refractivity (Wildman–Crippen MR) is 268 cm³/mol. The quantitative estimate of drug-likeness (QED) is 0.175. The minimum Gasteiger partial charge on any atom is -0.310 e. The van der Waals surface area contributed by atoms with Gasteiger partial charge in [-0.3, -0.25) is 0 Å². The molecule has 0 saturated carbocycles. The highest BCUT2D eigenvalue weighted by atomic mass is 15.2. The molecule has 2 nitrogen and oxygen atoms in total. The van der Waals surface area contributed by atoms with Crippen molar-refractivity contribution in [1.29, 1.82) is 0 Å². The van der Waals surface area contributed by atoms with Crippen LogP contribution in [0.1, 0.15) is 101 Å². The van der Waals surface area contributed by atoms with Gasteiger partial charge >= 0.3 is 0 Å². The van der Waals surface area contributed by atoms with E-state index in [-0.39, 0.29) is 16.2 Å². The lowest BCUT2D eigenvalue weighted by Crippen LogP contribution is -2.42. The molecule has 8 aromatic carbocycles. The maximum atomic E-state index is 2.52. The van der Waals surface area contributed by atoms with Crippen LogP contribution in [0.15, 0.2) is 188 Å². The molecule has 0 aromatic heterocycles. The number of nitrogens with zero attached hydrogens (tertiary/aromatic N) is 2. The Balaban J connectivity index is 1.17. The van der Waals surface area contributed by atoms with Crippen LogP contribution in [-0.2, 0) is 21.7 Å². The molecule has 63 heavy (non-hydrogen) atoms. The highest BCUT2D eigenvalue weighted by molar-refractivity contribution is 5.97. The first-order valence-electron chi connectivity index (χ1n) is 22.6. The number of rotatable bonds is 4. The van der Waals surface area contributed by atoms with E-state index in [1.165, 1.54) is 83.9 Å². The van der Waals surface area contributed by atoms with Crippen molar-refractivity contribution in [3.05, 3.63) is 227 Å². The second kappa shape index (κ2) is 14.7. The van der Waals surface area contributed by atoms with Crippen molar-refractivity contribution in [3.63, 3.8) is 0 Å². The zero-order chi connectivity index (χ0) is 43.9. The molecule has 10 rings (SSSR count). The van der Waals surface area contributed by atoms with Crippen molar-refractivity contribution in [2.45, 2.75) is 84.0 Å². The van der Waals surface area contributed by atoms with Gasteiger partial charge in [-0.2, -0.15) is 0 Å². The van der Waals surface area contributed by atoms with E-state index in [9.17, 15) is 0 Å². The van der Waals surface area contributed by atoms with Crippen molar-refractivity contribution < 1.29 is 0 Å². The molecule has 0 aliphatic carbocycles. The summed E-state index contributed by atoms with van der Waals surface area (Å²) in [7, 11) is 0. The van der Waals surface area contributed by atoms with E-state index in [0.29, 0.717) is 0 Å². The summed E-state index contributed by atoms with van der Waals surface area (Å²) in [4.78, 5) is 5.00. The largest absolute Gasteiger partial charge is 0.310 e. The Morgan fingerprint density at radius 2 is 0.667 bits per heavy atom. The Hall–Kier alpha value is -6.64. The van der Waals surface area contributed by atoms with Gasteiger partial charge in [0.15, 0.2) is 0 Å². The molecule has 312 valence electrons. The Morgan fingerprint density at radius 1 is 0.286 bits per heavy atom. The zero-order valence-corrected chi connectivity index (χ0v) is 38.3. The number of hydrogen-bond donors (Lipinski definition) is 0. The van der Waals surface area contributed by atoms with E-state index in [0.717, 1.165) is 11.4 Å². The lowest BCUT2D eigenvalue weighted by atomic mass is 9.59. The van der Waals surface area contributed by atoms with Crippen LogP contribution in [-0.4, -0.2) is 0 Å². The lowest BCUT2D eigenvalue weighted by Gasteiger charge is -2.51. The number of anilines is 6. The van der Waals surface area contributed by atoms with Crippen LogP contribution in [0.3, 0.4) is 0 Å². The van der Waals surface area contributed by atoms with Gasteiger partial charge in [0.25, 0.3) is 0 Å². The molecule has 0 N–H and O–H groups in total. The Labute approximate surface area is 375 Å². The normalized spacial score (nSPS) is 14.2. The highest BCUT2D eigenvalue weighted by Gasteiger charge is 2.52. The van der Waals surface area contributed by atoms with Gasteiger partial charge in [-0.05, 0) is 126 Å². The summed E-state index contributed by atoms with van der Waals surface area (Å²) >= 11 is 0. The van der Waals surface area contributed by atoms with E-state index < -0.39 is 5.41 Å². The van der Waals surface area contributed by atoms with E-state index in [4.69, 9.17) is 0 Å².